The van der Waals surface area contributed by atoms with Gasteiger partial charge in [0, 0.05) is 24.7 Å². The molecule has 4 aromatic rings. The molecule has 0 aliphatic carbocycles. The number of benzene rings is 1. The third-order valence-corrected chi connectivity index (χ3v) is 4.26. The number of pyridine rings is 1. The van der Waals surface area contributed by atoms with E-state index in [9.17, 15) is 4.79 Å². The van der Waals surface area contributed by atoms with Crippen molar-refractivity contribution in [2.75, 3.05) is 13.7 Å². The van der Waals surface area contributed by atoms with E-state index in [1.165, 1.54) is 0 Å². The number of carbonyl (C=O) groups is 1. The van der Waals surface area contributed by atoms with Crippen molar-refractivity contribution < 1.29 is 13.9 Å². The molecule has 1 amide bonds. The first-order chi connectivity index (χ1) is 12.8. The molecule has 7 heteroatoms. The van der Waals surface area contributed by atoms with Crippen molar-refractivity contribution in [1.29, 1.82) is 0 Å². The van der Waals surface area contributed by atoms with Gasteiger partial charge in [0.05, 0.1) is 18.8 Å². The molecule has 0 saturated heterocycles. The normalized spacial score (nSPS) is 11.1. The van der Waals surface area contributed by atoms with Gasteiger partial charge in [-0.25, -0.2) is 0 Å². The van der Waals surface area contributed by atoms with Crippen LogP contribution in [0.15, 0.2) is 53.3 Å². The van der Waals surface area contributed by atoms with Crippen LogP contribution in [0.1, 0.15) is 22.6 Å². The van der Waals surface area contributed by atoms with Gasteiger partial charge >= 0.3 is 0 Å². The molecular formula is C19H18N4O3. The number of amides is 1. The van der Waals surface area contributed by atoms with Crippen molar-refractivity contribution >= 4 is 22.5 Å². The van der Waals surface area contributed by atoms with Gasteiger partial charge in [0.25, 0.3) is 5.91 Å². The van der Waals surface area contributed by atoms with Crippen molar-refractivity contribution in [3.8, 4) is 5.75 Å². The number of hydrogen-bond acceptors (Lipinski definition) is 5. The molecule has 0 spiro atoms. The number of nitrogens with one attached hydrogen (secondary N) is 1. The smallest absolute Gasteiger partial charge is 0.251 e. The fourth-order valence-electron chi connectivity index (χ4n) is 2.95. The fourth-order valence-corrected chi connectivity index (χ4v) is 2.95. The number of rotatable bonds is 6. The van der Waals surface area contributed by atoms with Gasteiger partial charge in [-0.15, -0.1) is 10.2 Å². The van der Waals surface area contributed by atoms with Gasteiger partial charge in [-0.3, -0.25) is 9.20 Å². The minimum atomic E-state index is -0.160. The van der Waals surface area contributed by atoms with E-state index < -0.39 is 0 Å². The first-order valence-corrected chi connectivity index (χ1v) is 8.38. The molecule has 1 N–H and O–H groups in total. The summed E-state index contributed by atoms with van der Waals surface area (Å²) < 4.78 is 12.7. The third-order valence-electron chi connectivity index (χ3n) is 4.26. The molecule has 0 unspecified atom stereocenters. The highest BCUT2D eigenvalue weighted by Gasteiger charge is 2.12. The molecule has 0 saturated carbocycles. The molecule has 1 aromatic carbocycles. The minimum absolute atomic E-state index is 0.160. The topological polar surface area (TPSA) is 81.7 Å². The Morgan fingerprint density at radius 1 is 1.27 bits per heavy atom. The van der Waals surface area contributed by atoms with Crippen LogP contribution in [0, 0.1) is 0 Å². The first kappa shape index (κ1) is 16.1. The Kier molecular flexibility index (Phi) is 4.27. The van der Waals surface area contributed by atoms with E-state index in [0.717, 1.165) is 29.7 Å². The zero-order valence-corrected chi connectivity index (χ0v) is 14.3. The molecule has 132 valence electrons. The lowest BCUT2D eigenvalue weighted by atomic mass is 10.1. The number of carbonyl (C=O) groups excluding carboxylic acids is 1. The van der Waals surface area contributed by atoms with Crippen LogP contribution in [0.4, 0.5) is 0 Å². The summed E-state index contributed by atoms with van der Waals surface area (Å²) in [5.41, 5.74) is 1.96. The van der Waals surface area contributed by atoms with Crippen LogP contribution in [-0.2, 0) is 6.42 Å². The maximum atomic E-state index is 12.4. The summed E-state index contributed by atoms with van der Waals surface area (Å²) in [4.78, 5) is 12.4. The third kappa shape index (κ3) is 2.99. The van der Waals surface area contributed by atoms with Gasteiger partial charge in [0.2, 0.25) is 0 Å². The number of fused-ring (bicyclic) bond motifs is 2. The lowest BCUT2D eigenvalue weighted by Crippen LogP contribution is -2.25. The van der Waals surface area contributed by atoms with Crippen molar-refractivity contribution in [2.45, 2.75) is 12.8 Å². The second kappa shape index (κ2) is 6.87. The predicted molar refractivity (Wildman–Crippen MR) is 96.4 cm³/mol. The molecule has 3 aromatic heterocycles. The highest BCUT2D eigenvalue weighted by molar-refractivity contribution is 5.99. The summed E-state index contributed by atoms with van der Waals surface area (Å²) in [5.74, 6) is 1.34. The highest BCUT2D eigenvalue weighted by Crippen LogP contribution is 2.28. The van der Waals surface area contributed by atoms with E-state index in [4.69, 9.17) is 9.15 Å². The summed E-state index contributed by atoms with van der Waals surface area (Å²) >= 11 is 0. The van der Waals surface area contributed by atoms with Crippen molar-refractivity contribution in [3.63, 3.8) is 0 Å². The van der Waals surface area contributed by atoms with Crippen LogP contribution in [0.25, 0.3) is 16.6 Å². The van der Waals surface area contributed by atoms with Gasteiger partial charge in [0.15, 0.2) is 5.65 Å². The lowest BCUT2D eigenvalue weighted by molar-refractivity contribution is 0.0953. The Labute approximate surface area is 149 Å². The number of nitrogens with zero attached hydrogens (tertiary/aromatic N) is 3. The molecule has 0 fully saturated rings. The summed E-state index contributed by atoms with van der Waals surface area (Å²) in [6.07, 6.45) is 5.01. The van der Waals surface area contributed by atoms with Crippen LogP contribution in [0.3, 0.4) is 0 Å². The quantitative estimate of drug-likeness (QED) is 0.541. The molecule has 0 aliphatic rings. The molecule has 4 rings (SSSR count). The Morgan fingerprint density at radius 3 is 3.08 bits per heavy atom. The SMILES string of the molecule is COc1cc(C(=O)NCCCc2nnc3ccccn23)cc2occc12. The van der Waals surface area contributed by atoms with Gasteiger partial charge in [-0.05, 0) is 36.8 Å². The molecular weight excluding hydrogens is 332 g/mol. The first-order valence-electron chi connectivity index (χ1n) is 8.38. The molecule has 0 atom stereocenters. The molecule has 0 aliphatic heterocycles. The van der Waals surface area contributed by atoms with Crippen molar-refractivity contribution in [3.05, 3.63) is 60.2 Å². The van der Waals surface area contributed by atoms with E-state index in [0.29, 0.717) is 23.4 Å². The number of aryl methyl sites for hydroxylation is 1. The monoisotopic (exact) mass is 350 g/mol. The average molecular weight is 350 g/mol. The van der Waals surface area contributed by atoms with Crippen LogP contribution in [-0.4, -0.2) is 34.2 Å². The Hall–Kier alpha value is -3.35. The van der Waals surface area contributed by atoms with Gasteiger partial charge in [-0.2, -0.15) is 0 Å². The predicted octanol–water partition coefficient (Wildman–Crippen LogP) is 2.85. The fraction of sp³-hybridized carbons (Fsp3) is 0.211. The van der Waals surface area contributed by atoms with E-state index >= 15 is 0 Å². The second-order valence-corrected chi connectivity index (χ2v) is 5.92. The minimum Gasteiger partial charge on any atom is -0.496 e. The molecule has 7 nitrogen and oxygen atoms in total. The number of methoxy groups -OCH3 is 1. The number of furan rings is 1. The van der Waals surface area contributed by atoms with Crippen LogP contribution < -0.4 is 10.1 Å². The number of hydrogen-bond donors (Lipinski definition) is 1. The highest BCUT2D eigenvalue weighted by atomic mass is 16.5. The van der Waals surface area contributed by atoms with Crippen molar-refractivity contribution in [2.24, 2.45) is 0 Å². The molecule has 26 heavy (non-hydrogen) atoms. The van der Waals surface area contributed by atoms with Gasteiger partial charge in [-0.1, -0.05) is 6.07 Å². The molecule has 0 bridgehead atoms. The lowest BCUT2D eigenvalue weighted by Gasteiger charge is -2.07. The summed E-state index contributed by atoms with van der Waals surface area (Å²) in [5, 5.41) is 12.1. The Bertz CT molecular complexity index is 1070. The summed E-state index contributed by atoms with van der Waals surface area (Å²) in [6.45, 7) is 0.541. The maximum Gasteiger partial charge on any atom is 0.251 e. The zero-order valence-electron chi connectivity index (χ0n) is 14.3. The Morgan fingerprint density at radius 2 is 2.19 bits per heavy atom. The summed E-state index contributed by atoms with van der Waals surface area (Å²) in [7, 11) is 1.58. The number of aromatic nitrogens is 3. The van der Waals surface area contributed by atoms with Crippen LogP contribution >= 0.6 is 0 Å². The summed E-state index contributed by atoms with van der Waals surface area (Å²) in [6, 6.07) is 11.0. The second-order valence-electron chi connectivity index (χ2n) is 5.92. The largest absolute Gasteiger partial charge is 0.496 e. The Balaban J connectivity index is 1.38. The molecule has 3 heterocycles. The van der Waals surface area contributed by atoms with Crippen molar-refractivity contribution in [1.82, 2.24) is 19.9 Å². The van der Waals surface area contributed by atoms with E-state index in [1.54, 1.807) is 25.5 Å². The zero-order chi connectivity index (χ0) is 17.9. The van der Waals surface area contributed by atoms with Crippen LogP contribution in [0.5, 0.6) is 5.75 Å². The van der Waals surface area contributed by atoms with Gasteiger partial charge in [0.1, 0.15) is 17.2 Å². The van der Waals surface area contributed by atoms with E-state index in [1.807, 2.05) is 34.9 Å². The van der Waals surface area contributed by atoms with E-state index in [-0.39, 0.29) is 5.91 Å². The maximum absolute atomic E-state index is 12.4. The van der Waals surface area contributed by atoms with Crippen LogP contribution in [0.2, 0.25) is 0 Å². The van der Waals surface area contributed by atoms with E-state index in [2.05, 4.69) is 15.5 Å². The standard InChI is InChI=1S/C19H18N4O3/c1-25-15-11-13(12-16-14(15)7-10-26-16)19(24)20-8-4-6-18-22-21-17-5-2-3-9-23(17)18/h2-3,5,7,9-12H,4,6,8H2,1H3,(H,20,24). The average Bonchev–Trinajstić information content (AvgIpc) is 3.31. The number of ether oxygens (including phenoxy) is 1. The molecule has 0 radical (unpaired) electrons. The van der Waals surface area contributed by atoms with Gasteiger partial charge < -0.3 is 14.5 Å².